The van der Waals surface area contributed by atoms with Crippen LogP contribution < -0.4 is 5.32 Å². The molecule has 16 heteroatoms. The lowest BCUT2D eigenvalue weighted by atomic mass is 10.2. The van der Waals surface area contributed by atoms with Crippen LogP contribution >= 0.6 is 23.2 Å². The van der Waals surface area contributed by atoms with Crippen LogP contribution in [0.25, 0.3) is 5.69 Å². The number of allylic oxidation sites excluding steroid dienone is 1. The van der Waals surface area contributed by atoms with Crippen LogP contribution in [0.3, 0.4) is 0 Å². The number of hydrogen-bond donors (Lipinski definition) is 1. The molecule has 0 aliphatic rings. The fourth-order valence-electron chi connectivity index (χ4n) is 2.24. The molecule has 2 rings (SSSR count). The van der Waals surface area contributed by atoms with Gasteiger partial charge in [0.1, 0.15) is 11.8 Å². The van der Waals surface area contributed by atoms with Gasteiger partial charge in [-0.15, -0.1) is 0 Å². The second-order valence-electron chi connectivity index (χ2n) is 5.94. The zero-order valence-corrected chi connectivity index (χ0v) is 17.8. The third-order valence-electron chi connectivity index (χ3n) is 3.55. The van der Waals surface area contributed by atoms with Gasteiger partial charge in [-0.3, -0.25) is 0 Å². The molecule has 1 aromatic carbocycles. The van der Waals surface area contributed by atoms with E-state index in [1.807, 2.05) is 0 Å². The summed E-state index contributed by atoms with van der Waals surface area (Å²) in [6.45, 7) is 4.87. The molecule has 0 bridgehead atoms. The van der Waals surface area contributed by atoms with E-state index in [4.69, 9.17) is 23.2 Å². The van der Waals surface area contributed by atoms with Crippen molar-refractivity contribution in [2.75, 3.05) is 0 Å². The zero-order valence-electron chi connectivity index (χ0n) is 15.5. The molecule has 0 atom stereocenters. The van der Waals surface area contributed by atoms with Crippen molar-refractivity contribution in [2.45, 2.75) is 23.5 Å². The van der Waals surface area contributed by atoms with Gasteiger partial charge in [0.2, 0.25) is 0 Å². The Hall–Kier alpha value is -2.76. The maximum Gasteiger partial charge on any atom is 0.502 e. The standard InChI is InChI=1S/C16H9Cl2F6N5O2S/c1-7(2)26-6-27-14-13(32(30,31)16(22,23)24)11(5-25)28-29(14)12-9(17)3-8(4-10(12)18)15(19,20)21/h3-4,6H,1H2,2H3,(H,26,27). The highest BCUT2D eigenvalue weighted by molar-refractivity contribution is 7.92. The Bertz CT molecular complexity index is 1240. The number of sulfone groups is 1. The molecular weight excluding hydrogens is 511 g/mol. The van der Waals surface area contributed by atoms with Gasteiger partial charge in [-0.2, -0.15) is 36.7 Å². The van der Waals surface area contributed by atoms with Crippen molar-refractivity contribution in [2.24, 2.45) is 4.99 Å². The molecule has 0 radical (unpaired) electrons. The summed E-state index contributed by atoms with van der Waals surface area (Å²) in [4.78, 5) is 1.92. The van der Waals surface area contributed by atoms with Crippen molar-refractivity contribution < 1.29 is 34.8 Å². The molecule has 0 aliphatic heterocycles. The molecule has 0 spiro atoms. The molecular formula is C16H9Cl2F6N5O2S. The largest absolute Gasteiger partial charge is 0.502 e. The lowest BCUT2D eigenvalue weighted by molar-refractivity contribution is -0.137. The molecule has 32 heavy (non-hydrogen) atoms. The van der Waals surface area contributed by atoms with E-state index in [0.717, 1.165) is 6.34 Å². The summed E-state index contributed by atoms with van der Waals surface area (Å²) in [6, 6.07) is 1.98. The quantitative estimate of drug-likeness (QED) is 0.334. The Morgan fingerprint density at radius 1 is 1.25 bits per heavy atom. The van der Waals surface area contributed by atoms with Crippen LogP contribution in [0.2, 0.25) is 10.0 Å². The Morgan fingerprint density at radius 2 is 1.78 bits per heavy atom. The Kier molecular flexibility index (Phi) is 6.89. The van der Waals surface area contributed by atoms with E-state index < -0.39 is 59.2 Å². The molecule has 0 saturated carbocycles. The topological polar surface area (TPSA) is 100 Å². The summed E-state index contributed by atoms with van der Waals surface area (Å²) in [5.74, 6) is -1.09. The normalized spacial score (nSPS) is 12.8. The van der Waals surface area contributed by atoms with Crippen LogP contribution in [0, 0.1) is 11.3 Å². The molecule has 1 aromatic heterocycles. The summed E-state index contributed by atoms with van der Waals surface area (Å²) < 4.78 is 103. The summed E-state index contributed by atoms with van der Waals surface area (Å²) in [5.41, 5.74) is -8.78. The van der Waals surface area contributed by atoms with Gasteiger partial charge in [-0.25, -0.2) is 18.1 Å². The highest BCUT2D eigenvalue weighted by atomic mass is 35.5. The van der Waals surface area contributed by atoms with Crippen LogP contribution in [0.1, 0.15) is 18.2 Å². The molecule has 0 saturated heterocycles. The molecule has 0 unspecified atom stereocenters. The maximum absolute atomic E-state index is 13.2. The minimum Gasteiger partial charge on any atom is -0.351 e. The molecule has 0 amide bonds. The number of nitriles is 1. The van der Waals surface area contributed by atoms with Crippen LogP contribution in [0.15, 0.2) is 34.3 Å². The van der Waals surface area contributed by atoms with E-state index in [2.05, 4.69) is 22.0 Å². The van der Waals surface area contributed by atoms with Gasteiger partial charge in [-0.1, -0.05) is 29.8 Å². The molecule has 2 aromatic rings. The van der Waals surface area contributed by atoms with Crippen molar-refractivity contribution in [1.82, 2.24) is 15.1 Å². The average molecular weight is 520 g/mol. The highest BCUT2D eigenvalue weighted by Gasteiger charge is 2.51. The first kappa shape index (κ1) is 25.5. The molecule has 0 fully saturated rings. The Balaban J connectivity index is 2.96. The SMILES string of the molecule is C=C(C)N/C=N/c1c(S(=O)(=O)C(F)(F)F)c(C#N)nn1-c1c(Cl)cc(C(F)(F)F)cc1Cl. The fourth-order valence-corrected chi connectivity index (χ4v) is 3.83. The Labute approximate surface area is 186 Å². The van der Waals surface area contributed by atoms with Crippen LogP contribution in [-0.2, 0) is 16.0 Å². The lowest BCUT2D eigenvalue weighted by Gasteiger charge is -2.14. The van der Waals surface area contributed by atoms with Crippen molar-refractivity contribution >= 4 is 45.2 Å². The number of halogens is 8. The van der Waals surface area contributed by atoms with E-state index in [9.17, 15) is 40.0 Å². The molecule has 1 heterocycles. The van der Waals surface area contributed by atoms with Crippen molar-refractivity contribution in [3.8, 4) is 11.8 Å². The summed E-state index contributed by atoms with van der Waals surface area (Å²) in [6.07, 6.45) is -4.14. The van der Waals surface area contributed by atoms with Crippen molar-refractivity contribution in [3.63, 3.8) is 0 Å². The van der Waals surface area contributed by atoms with E-state index in [0.29, 0.717) is 16.8 Å². The number of aromatic nitrogens is 2. The first-order valence-corrected chi connectivity index (χ1v) is 10.1. The molecule has 1 N–H and O–H groups in total. The number of aliphatic imine (C=N–C) groups is 1. The molecule has 172 valence electrons. The summed E-state index contributed by atoms with van der Waals surface area (Å²) in [7, 11) is -6.18. The zero-order chi connectivity index (χ0) is 24.6. The number of benzene rings is 1. The van der Waals surface area contributed by atoms with E-state index in [1.54, 1.807) is 0 Å². The maximum atomic E-state index is 13.2. The van der Waals surface area contributed by atoms with Crippen molar-refractivity contribution in [3.05, 3.63) is 45.7 Å². The van der Waals surface area contributed by atoms with Crippen molar-refractivity contribution in [1.29, 1.82) is 5.26 Å². The van der Waals surface area contributed by atoms with E-state index >= 15 is 0 Å². The van der Waals surface area contributed by atoms with Gasteiger partial charge in [0.05, 0.1) is 21.9 Å². The minimum atomic E-state index is -6.18. The number of hydrogen-bond acceptors (Lipinski definition) is 5. The first-order chi connectivity index (χ1) is 14.5. The lowest BCUT2D eigenvalue weighted by Crippen LogP contribution is -2.24. The van der Waals surface area contributed by atoms with Gasteiger partial charge in [0.25, 0.3) is 9.84 Å². The predicted molar refractivity (Wildman–Crippen MR) is 103 cm³/mol. The third kappa shape index (κ3) is 4.84. The monoisotopic (exact) mass is 519 g/mol. The number of nitrogens with zero attached hydrogens (tertiary/aromatic N) is 4. The average Bonchev–Trinajstić information content (AvgIpc) is 2.98. The van der Waals surface area contributed by atoms with Gasteiger partial charge >= 0.3 is 11.7 Å². The number of rotatable bonds is 5. The fraction of sp³-hybridized carbons (Fsp3) is 0.188. The predicted octanol–water partition coefficient (Wildman–Crippen LogP) is 5.15. The number of nitrogens with one attached hydrogen (secondary N) is 1. The summed E-state index contributed by atoms with van der Waals surface area (Å²) >= 11 is 11.7. The van der Waals surface area contributed by atoms with E-state index in [-0.39, 0.29) is 5.70 Å². The third-order valence-corrected chi connectivity index (χ3v) is 5.65. The van der Waals surface area contributed by atoms with Crippen LogP contribution in [0.5, 0.6) is 0 Å². The first-order valence-electron chi connectivity index (χ1n) is 7.88. The second-order valence-corrected chi connectivity index (χ2v) is 8.64. The Morgan fingerprint density at radius 3 is 2.19 bits per heavy atom. The molecule has 7 nitrogen and oxygen atoms in total. The van der Waals surface area contributed by atoms with Gasteiger partial charge < -0.3 is 5.32 Å². The highest BCUT2D eigenvalue weighted by Crippen LogP contribution is 2.43. The van der Waals surface area contributed by atoms with Gasteiger partial charge in [-0.05, 0) is 19.1 Å². The van der Waals surface area contributed by atoms with Crippen LogP contribution in [-0.4, -0.2) is 30.0 Å². The second kappa shape index (κ2) is 8.64. The van der Waals surface area contributed by atoms with Gasteiger partial charge in [0.15, 0.2) is 16.4 Å². The minimum absolute atomic E-state index is 0.242. The number of alkyl halides is 6. The van der Waals surface area contributed by atoms with Crippen LogP contribution in [0.4, 0.5) is 32.2 Å². The molecule has 0 aliphatic carbocycles. The van der Waals surface area contributed by atoms with E-state index in [1.165, 1.54) is 13.0 Å². The van der Waals surface area contributed by atoms with Gasteiger partial charge in [0, 0.05) is 5.70 Å². The smallest absolute Gasteiger partial charge is 0.351 e. The summed E-state index contributed by atoms with van der Waals surface area (Å²) in [5, 5.41) is 13.5.